The topological polar surface area (TPSA) is 75.7 Å². The summed E-state index contributed by atoms with van der Waals surface area (Å²) in [6, 6.07) is 6.87. The van der Waals surface area contributed by atoms with Gasteiger partial charge in [-0.25, -0.2) is 8.42 Å². The third-order valence-corrected chi connectivity index (χ3v) is 4.55. The molecular formula is C15H22N2O4S. The van der Waals surface area contributed by atoms with Gasteiger partial charge in [0.1, 0.15) is 5.75 Å². The van der Waals surface area contributed by atoms with Crippen LogP contribution in [0, 0.1) is 5.92 Å². The summed E-state index contributed by atoms with van der Waals surface area (Å²) >= 11 is 0. The van der Waals surface area contributed by atoms with Crippen molar-refractivity contribution in [1.82, 2.24) is 5.32 Å². The molecule has 122 valence electrons. The van der Waals surface area contributed by atoms with E-state index in [1.165, 1.54) is 4.31 Å². The lowest BCUT2D eigenvalue weighted by molar-refractivity contribution is -0.128. The van der Waals surface area contributed by atoms with Crippen molar-refractivity contribution < 1.29 is 17.9 Å². The van der Waals surface area contributed by atoms with E-state index >= 15 is 0 Å². The number of amides is 1. The van der Waals surface area contributed by atoms with Crippen molar-refractivity contribution in [1.29, 1.82) is 0 Å². The summed E-state index contributed by atoms with van der Waals surface area (Å²) in [5, 5.41) is 2.83. The predicted molar refractivity (Wildman–Crippen MR) is 85.5 cm³/mol. The number of sulfonamides is 1. The highest BCUT2D eigenvalue weighted by atomic mass is 32.2. The summed E-state index contributed by atoms with van der Waals surface area (Å²) in [7, 11) is -3.42. The van der Waals surface area contributed by atoms with Crippen LogP contribution in [0.2, 0.25) is 0 Å². The first kappa shape index (κ1) is 16.6. The molecule has 1 amide bonds. The third-order valence-electron chi connectivity index (χ3n) is 3.37. The Hall–Kier alpha value is -1.76. The molecule has 1 aromatic carbocycles. The van der Waals surface area contributed by atoms with Crippen molar-refractivity contribution in [2.24, 2.45) is 5.92 Å². The van der Waals surface area contributed by atoms with Crippen molar-refractivity contribution in [3.8, 4) is 5.75 Å². The summed E-state index contributed by atoms with van der Waals surface area (Å²) in [4.78, 5) is 12.2. The molecule has 1 aromatic rings. The second-order valence-electron chi connectivity index (χ2n) is 5.84. The molecule has 0 bridgehead atoms. The minimum Gasteiger partial charge on any atom is -0.478 e. The van der Waals surface area contributed by atoms with Crippen molar-refractivity contribution in [2.45, 2.75) is 26.4 Å². The van der Waals surface area contributed by atoms with Crippen LogP contribution in [-0.2, 0) is 14.8 Å². The quantitative estimate of drug-likeness (QED) is 0.907. The van der Waals surface area contributed by atoms with E-state index in [1.54, 1.807) is 24.3 Å². The van der Waals surface area contributed by atoms with Crippen LogP contribution in [0.3, 0.4) is 0 Å². The number of anilines is 1. The van der Waals surface area contributed by atoms with Gasteiger partial charge in [0.05, 0.1) is 11.9 Å². The fraction of sp³-hybridized carbons (Fsp3) is 0.533. The number of fused-ring (bicyclic) bond motifs is 1. The predicted octanol–water partition coefficient (Wildman–Crippen LogP) is 1.38. The molecule has 7 heteroatoms. The van der Waals surface area contributed by atoms with E-state index in [9.17, 15) is 13.2 Å². The summed E-state index contributed by atoms with van der Waals surface area (Å²) in [6.45, 7) is 4.80. The Morgan fingerprint density at radius 3 is 2.73 bits per heavy atom. The van der Waals surface area contributed by atoms with Crippen LogP contribution in [0.15, 0.2) is 24.3 Å². The lowest BCUT2D eigenvalue weighted by Crippen LogP contribution is -2.41. The Morgan fingerprint density at radius 2 is 2.09 bits per heavy atom. The first-order valence-corrected chi connectivity index (χ1v) is 9.15. The molecular weight excluding hydrogens is 304 g/mol. The minimum atomic E-state index is -3.42. The highest BCUT2D eigenvalue weighted by Gasteiger charge is 2.30. The normalized spacial score (nSPS) is 18.4. The van der Waals surface area contributed by atoms with Crippen LogP contribution in [0.1, 0.15) is 20.3 Å². The van der Waals surface area contributed by atoms with E-state index in [0.29, 0.717) is 30.3 Å². The molecule has 0 fully saturated rings. The zero-order valence-corrected chi connectivity index (χ0v) is 13.9. The molecule has 0 aromatic heterocycles. The number of nitrogens with zero attached hydrogens (tertiary/aromatic N) is 1. The first-order chi connectivity index (χ1) is 10.3. The molecule has 1 aliphatic heterocycles. The summed E-state index contributed by atoms with van der Waals surface area (Å²) in [5.74, 6) is 0.545. The molecule has 1 N–H and O–H groups in total. The number of ether oxygens (including phenoxy) is 1. The number of hydrogen-bond donors (Lipinski definition) is 1. The van der Waals surface area contributed by atoms with E-state index in [2.05, 4.69) is 5.32 Å². The molecule has 1 heterocycles. The van der Waals surface area contributed by atoms with Gasteiger partial charge < -0.3 is 10.1 Å². The summed E-state index contributed by atoms with van der Waals surface area (Å²) < 4.78 is 31.0. The fourth-order valence-electron chi connectivity index (χ4n) is 2.28. The van der Waals surface area contributed by atoms with Crippen LogP contribution in [0.4, 0.5) is 5.69 Å². The number of hydrogen-bond acceptors (Lipinski definition) is 4. The van der Waals surface area contributed by atoms with Gasteiger partial charge in [0, 0.05) is 19.5 Å². The molecule has 1 atom stereocenters. The van der Waals surface area contributed by atoms with Crippen molar-refractivity contribution in [3.05, 3.63) is 24.3 Å². The summed E-state index contributed by atoms with van der Waals surface area (Å²) in [6.07, 6.45) is 0.779. The largest absolute Gasteiger partial charge is 0.478 e. The van der Waals surface area contributed by atoms with E-state index in [1.807, 2.05) is 13.8 Å². The second-order valence-corrected chi connectivity index (χ2v) is 7.74. The zero-order valence-electron chi connectivity index (χ0n) is 13.1. The third kappa shape index (κ3) is 3.91. The van der Waals surface area contributed by atoms with Crippen molar-refractivity contribution >= 4 is 21.6 Å². The van der Waals surface area contributed by atoms with Gasteiger partial charge in [-0.05, 0) is 18.1 Å². The molecule has 0 spiro atoms. The molecule has 0 saturated carbocycles. The molecule has 0 aliphatic carbocycles. The maximum absolute atomic E-state index is 12.2. The lowest BCUT2D eigenvalue weighted by atomic mass is 10.2. The average molecular weight is 326 g/mol. The van der Waals surface area contributed by atoms with E-state index in [-0.39, 0.29) is 12.5 Å². The van der Waals surface area contributed by atoms with Crippen LogP contribution in [-0.4, -0.2) is 39.8 Å². The number of nitrogens with one attached hydrogen (secondary N) is 1. The lowest BCUT2D eigenvalue weighted by Gasteiger charge is -2.20. The molecule has 6 nitrogen and oxygen atoms in total. The van der Waals surface area contributed by atoms with Crippen molar-refractivity contribution in [2.75, 3.05) is 23.7 Å². The fourth-order valence-corrected chi connectivity index (χ4v) is 3.22. The van der Waals surface area contributed by atoms with Crippen LogP contribution < -0.4 is 14.4 Å². The van der Waals surface area contributed by atoms with E-state index < -0.39 is 16.1 Å². The minimum absolute atomic E-state index is 0.209. The van der Waals surface area contributed by atoms with Crippen LogP contribution in [0.25, 0.3) is 0 Å². The van der Waals surface area contributed by atoms with Gasteiger partial charge in [0.25, 0.3) is 5.91 Å². The van der Waals surface area contributed by atoms with Crippen molar-refractivity contribution in [3.63, 3.8) is 0 Å². The zero-order chi connectivity index (χ0) is 16.3. The Balaban J connectivity index is 2.24. The molecule has 0 radical (unpaired) electrons. The van der Waals surface area contributed by atoms with E-state index in [0.717, 1.165) is 6.26 Å². The van der Waals surface area contributed by atoms with Gasteiger partial charge in [-0.2, -0.15) is 0 Å². The first-order valence-electron chi connectivity index (χ1n) is 7.30. The Bertz CT molecular complexity index is 643. The SMILES string of the molecule is CC(C)CNC(=O)C1CCN(S(C)(=O)=O)c2ccccc2O1. The van der Waals surface area contributed by atoms with Gasteiger partial charge in [-0.15, -0.1) is 0 Å². The standard InChI is InChI=1S/C15H22N2O4S/c1-11(2)10-16-15(18)14-8-9-17(22(3,19)20)12-6-4-5-7-13(12)21-14/h4-7,11,14H,8-10H2,1-3H3,(H,16,18). The highest BCUT2D eigenvalue weighted by molar-refractivity contribution is 7.92. The Morgan fingerprint density at radius 1 is 1.41 bits per heavy atom. The van der Waals surface area contributed by atoms with Gasteiger partial charge in [0.2, 0.25) is 10.0 Å². The Kier molecular flexibility index (Phi) is 4.95. The number of carbonyl (C=O) groups is 1. The number of carbonyl (C=O) groups excluding carboxylic acids is 1. The molecule has 0 saturated heterocycles. The number of rotatable bonds is 4. The van der Waals surface area contributed by atoms with Crippen LogP contribution in [0.5, 0.6) is 5.75 Å². The maximum Gasteiger partial charge on any atom is 0.261 e. The maximum atomic E-state index is 12.2. The smallest absolute Gasteiger partial charge is 0.261 e. The van der Waals surface area contributed by atoms with Gasteiger partial charge in [-0.1, -0.05) is 26.0 Å². The molecule has 2 rings (SSSR count). The number of para-hydroxylation sites is 2. The second kappa shape index (κ2) is 6.56. The summed E-state index contributed by atoms with van der Waals surface area (Å²) in [5.41, 5.74) is 0.476. The monoisotopic (exact) mass is 326 g/mol. The Labute approximate surface area is 131 Å². The molecule has 22 heavy (non-hydrogen) atoms. The molecule has 1 aliphatic rings. The van der Waals surface area contributed by atoms with Crippen LogP contribution >= 0.6 is 0 Å². The number of benzene rings is 1. The average Bonchev–Trinajstić information content (AvgIpc) is 2.63. The van der Waals surface area contributed by atoms with Gasteiger partial charge in [0.15, 0.2) is 6.10 Å². The highest BCUT2D eigenvalue weighted by Crippen LogP contribution is 2.33. The van der Waals surface area contributed by atoms with Gasteiger partial charge in [-0.3, -0.25) is 9.10 Å². The van der Waals surface area contributed by atoms with Gasteiger partial charge >= 0.3 is 0 Å². The van der Waals surface area contributed by atoms with E-state index in [4.69, 9.17) is 4.74 Å². The molecule has 1 unspecified atom stereocenters.